The number of nitrogens with zero attached hydrogens (tertiary/aromatic N) is 1. The van der Waals surface area contributed by atoms with Crippen molar-refractivity contribution >= 4 is 18.0 Å². The molecule has 7 heteroatoms. The largest absolute Gasteiger partial charge is 0.468 e. The van der Waals surface area contributed by atoms with Crippen LogP contribution in [0.1, 0.15) is 33.3 Å². The minimum Gasteiger partial charge on any atom is -0.468 e. The van der Waals surface area contributed by atoms with E-state index in [1.807, 2.05) is 30.3 Å². The first kappa shape index (κ1) is 20.5. The van der Waals surface area contributed by atoms with Crippen molar-refractivity contribution in [2.75, 3.05) is 13.7 Å². The number of rotatable bonds is 6. The minimum absolute atomic E-state index is 0.204. The molecule has 1 atom stereocenters. The molecule has 7 nitrogen and oxygen atoms in total. The summed E-state index contributed by atoms with van der Waals surface area (Å²) >= 11 is 0. The molecule has 0 saturated carbocycles. The predicted molar refractivity (Wildman–Crippen MR) is 92.7 cm³/mol. The summed E-state index contributed by atoms with van der Waals surface area (Å²) in [5.74, 6) is -0.936. The van der Waals surface area contributed by atoms with Gasteiger partial charge in [-0.25, -0.2) is 4.79 Å². The van der Waals surface area contributed by atoms with E-state index in [1.54, 1.807) is 27.7 Å². The molecular formula is C18H26N2O5. The average Bonchev–Trinajstić information content (AvgIpc) is 2.52. The number of hydrogen-bond donors (Lipinski definition) is 1. The number of nitrogens with one attached hydrogen (secondary N) is 1. The van der Waals surface area contributed by atoms with Crippen LogP contribution < -0.4 is 5.32 Å². The standard InChI is InChI=1S/C18H26N2O5/c1-13(19-17(23)25-18(2,3)4)16(22)20(12-15(21)24-5)11-14-9-7-6-8-10-14/h6-10,13H,11-12H2,1-5H3,(H,19,23)/t13-/m0/s1. The summed E-state index contributed by atoms with van der Waals surface area (Å²) in [5, 5.41) is 2.49. The van der Waals surface area contributed by atoms with Crippen LogP contribution in [0.25, 0.3) is 0 Å². The lowest BCUT2D eigenvalue weighted by atomic mass is 10.2. The highest BCUT2D eigenvalue weighted by Gasteiger charge is 2.26. The zero-order valence-corrected chi connectivity index (χ0v) is 15.4. The molecule has 0 heterocycles. The van der Waals surface area contributed by atoms with Gasteiger partial charge in [0.05, 0.1) is 7.11 Å². The Morgan fingerprint density at radius 1 is 1.16 bits per heavy atom. The van der Waals surface area contributed by atoms with E-state index in [0.29, 0.717) is 0 Å². The number of hydrogen-bond acceptors (Lipinski definition) is 5. The van der Waals surface area contributed by atoms with Crippen LogP contribution in [0.15, 0.2) is 30.3 Å². The number of alkyl carbamates (subject to hydrolysis) is 1. The summed E-state index contributed by atoms with van der Waals surface area (Å²) in [5.41, 5.74) is 0.201. The maximum absolute atomic E-state index is 12.6. The summed E-state index contributed by atoms with van der Waals surface area (Å²) < 4.78 is 9.80. The Bertz CT molecular complexity index is 595. The first-order valence-corrected chi connectivity index (χ1v) is 8.01. The van der Waals surface area contributed by atoms with Gasteiger partial charge in [0.1, 0.15) is 18.2 Å². The Kier molecular flexibility index (Phi) is 7.42. The van der Waals surface area contributed by atoms with Crippen LogP contribution in [0.3, 0.4) is 0 Å². The van der Waals surface area contributed by atoms with Crippen molar-refractivity contribution in [3.05, 3.63) is 35.9 Å². The SMILES string of the molecule is COC(=O)CN(Cc1ccccc1)C(=O)[C@H](C)NC(=O)OC(C)(C)C. The predicted octanol–water partition coefficient (Wildman–Crippen LogP) is 2.10. The molecular weight excluding hydrogens is 324 g/mol. The van der Waals surface area contributed by atoms with Crippen LogP contribution in [-0.2, 0) is 25.6 Å². The van der Waals surface area contributed by atoms with Crippen molar-refractivity contribution in [3.8, 4) is 0 Å². The van der Waals surface area contributed by atoms with Gasteiger partial charge in [0, 0.05) is 6.54 Å². The quantitative estimate of drug-likeness (QED) is 0.794. The fourth-order valence-electron chi connectivity index (χ4n) is 2.06. The monoisotopic (exact) mass is 350 g/mol. The van der Waals surface area contributed by atoms with Crippen LogP contribution in [-0.4, -0.2) is 48.2 Å². The molecule has 25 heavy (non-hydrogen) atoms. The van der Waals surface area contributed by atoms with E-state index in [4.69, 9.17) is 4.74 Å². The van der Waals surface area contributed by atoms with Gasteiger partial charge in [-0.1, -0.05) is 30.3 Å². The molecule has 0 fully saturated rings. The van der Waals surface area contributed by atoms with Gasteiger partial charge in [0.15, 0.2) is 0 Å². The Morgan fingerprint density at radius 2 is 1.76 bits per heavy atom. The molecule has 0 saturated heterocycles. The molecule has 1 rings (SSSR count). The molecule has 0 spiro atoms. The van der Waals surface area contributed by atoms with Crippen molar-refractivity contribution in [3.63, 3.8) is 0 Å². The van der Waals surface area contributed by atoms with Crippen LogP contribution in [0.4, 0.5) is 4.79 Å². The molecule has 2 amide bonds. The van der Waals surface area contributed by atoms with Crippen LogP contribution in [0.2, 0.25) is 0 Å². The summed E-state index contributed by atoms with van der Waals surface area (Å²) in [6.45, 7) is 6.77. The Morgan fingerprint density at radius 3 is 2.28 bits per heavy atom. The van der Waals surface area contributed by atoms with Crippen molar-refractivity contribution < 1.29 is 23.9 Å². The lowest BCUT2D eigenvalue weighted by Crippen LogP contribution is -2.49. The van der Waals surface area contributed by atoms with Crippen molar-refractivity contribution in [1.29, 1.82) is 0 Å². The second-order valence-electron chi connectivity index (χ2n) is 6.62. The van der Waals surface area contributed by atoms with Gasteiger partial charge in [0.25, 0.3) is 0 Å². The molecule has 0 aliphatic rings. The summed E-state index contributed by atoms with van der Waals surface area (Å²) in [7, 11) is 1.26. The maximum Gasteiger partial charge on any atom is 0.408 e. The molecule has 138 valence electrons. The third-order valence-corrected chi connectivity index (χ3v) is 3.18. The number of amides is 2. The zero-order chi connectivity index (χ0) is 19.0. The van der Waals surface area contributed by atoms with Crippen LogP contribution in [0, 0.1) is 0 Å². The molecule has 0 unspecified atom stereocenters. The minimum atomic E-state index is -0.844. The molecule has 1 N–H and O–H groups in total. The Balaban J connectivity index is 2.80. The molecule has 1 aromatic rings. The second-order valence-corrected chi connectivity index (χ2v) is 6.62. The van der Waals surface area contributed by atoms with E-state index in [0.717, 1.165) is 5.56 Å². The first-order valence-electron chi connectivity index (χ1n) is 8.01. The highest BCUT2D eigenvalue weighted by molar-refractivity contribution is 5.88. The summed E-state index contributed by atoms with van der Waals surface area (Å²) in [6, 6.07) is 8.41. The number of carbonyl (C=O) groups excluding carboxylic acids is 3. The summed E-state index contributed by atoms with van der Waals surface area (Å²) in [4.78, 5) is 37.4. The molecule has 0 bridgehead atoms. The van der Waals surface area contributed by atoms with E-state index in [2.05, 4.69) is 10.1 Å². The second kappa shape index (κ2) is 9.05. The number of carbonyl (C=O) groups is 3. The van der Waals surface area contributed by atoms with Gasteiger partial charge in [-0.15, -0.1) is 0 Å². The Hall–Kier alpha value is -2.57. The maximum atomic E-state index is 12.6. The first-order chi connectivity index (χ1) is 11.6. The topological polar surface area (TPSA) is 84.9 Å². The molecule has 1 aromatic carbocycles. The molecule has 0 aliphatic carbocycles. The van der Waals surface area contributed by atoms with E-state index in [9.17, 15) is 14.4 Å². The fraction of sp³-hybridized carbons (Fsp3) is 0.500. The highest BCUT2D eigenvalue weighted by atomic mass is 16.6. The van der Waals surface area contributed by atoms with Crippen LogP contribution >= 0.6 is 0 Å². The lowest BCUT2D eigenvalue weighted by Gasteiger charge is -2.26. The normalized spacial score (nSPS) is 12.0. The van der Waals surface area contributed by atoms with Crippen molar-refractivity contribution in [2.45, 2.75) is 45.9 Å². The van der Waals surface area contributed by atoms with Crippen molar-refractivity contribution in [1.82, 2.24) is 10.2 Å². The highest BCUT2D eigenvalue weighted by Crippen LogP contribution is 2.09. The van der Waals surface area contributed by atoms with E-state index in [1.165, 1.54) is 12.0 Å². The van der Waals surface area contributed by atoms with Gasteiger partial charge in [-0.05, 0) is 33.3 Å². The van der Waals surface area contributed by atoms with E-state index >= 15 is 0 Å². The number of esters is 1. The lowest BCUT2D eigenvalue weighted by molar-refractivity contribution is -0.148. The number of benzene rings is 1. The number of methoxy groups -OCH3 is 1. The molecule has 0 radical (unpaired) electrons. The molecule has 0 aromatic heterocycles. The van der Waals surface area contributed by atoms with Gasteiger partial charge in [-0.2, -0.15) is 0 Å². The van der Waals surface area contributed by atoms with Crippen molar-refractivity contribution in [2.24, 2.45) is 0 Å². The van der Waals surface area contributed by atoms with Gasteiger partial charge in [-0.3, -0.25) is 9.59 Å². The Labute approximate surface area is 148 Å². The number of ether oxygens (including phenoxy) is 2. The third kappa shape index (κ3) is 7.69. The van der Waals surface area contributed by atoms with Gasteiger partial charge >= 0.3 is 12.1 Å². The average molecular weight is 350 g/mol. The van der Waals surface area contributed by atoms with E-state index in [-0.39, 0.29) is 13.1 Å². The smallest absolute Gasteiger partial charge is 0.408 e. The fourth-order valence-corrected chi connectivity index (χ4v) is 2.06. The van der Waals surface area contributed by atoms with E-state index < -0.39 is 29.6 Å². The third-order valence-electron chi connectivity index (χ3n) is 3.18. The van der Waals surface area contributed by atoms with Gasteiger partial charge < -0.3 is 19.7 Å². The van der Waals surface area contributed by atoms with Gasteiger partial charge in [0.2, 0.25) is 5.91 Å². The molecule has 0 aliphatic heterocycles. The zero-order valence-electron chi connectivity index (χ0n) is 15.4. The van der Waals surface area contributed by atoms with Crippen LogP contribution in [0.5, 0.6) is 0 Å². The summed E-state index contributed by atoms with van der Waals surface area (Å²) in [6.07, 6.45) is -0.689.